The number of carboxylic acid groups (broad SMARTS) is 1. The van der Waals surface area contributed by atoms with Crippen LogP contribution in [0.25, 0.3) is 16.9 Å². The highest BCUT2D eigenvalue weighted by atomic mass is 32.2. The number of aromatic nitrogens is 2. The summed E-state index contributed by atoms with van der Waals surface area (Å²) in [6.45, 7) is 2.98. The second-order valence-electron chi connectivity index (χ2n) is 6.87. The molecule has 2 N–H and O–H groups in total. The zero-order valence-electron chi connectivity index (χ0n) is 16.8. The zero-order chi connectivity index (χ0) is 23.7. The molecule has 2 aromatic carbocycles. The average Bonchev–Trinajstić information content (AvgIpc) is 3.18. The number of carboxylic acids is 1. The minimum atomic E-state index is -4.67. The monoisotopic (exact) mass is 469 g/mol. The molecule has 0 fully saturated rings. The number of rotatable bonds is 7. The number of carbonyl (C=O) groups is 1. The molecule has 0 aliphatic rings. The van der Waals surface area contributed by atoms with E-state index in [1.165, 1.54) is 12.1 Å². The molecule has 1 aromatic heterocycles. The van der Waals surface area contributed by atoms with Crippen LogP contribution in [0.1, 0.15) is 18.2 Å². The van der Waals surface area contributed by atoms with Gasteiger partial charge in [-0.2, -0.15) is 18.3 Å². The molecule has 170 valence electrons. The normalized spacial score (nSPS) is 13.2. The molecule has 12 heteroatoms. The largest absolute Gasteiger partial charge is 0.479 e. The predicted molar refractivity (Wildman–Crippen MR) is 107 cm³/mol. The van der Waals surface area contributed by atoms with Crippen molar-refractivity contribution in [2.24, 2.45) is 0 Å². The fraction of sp³-hybridized carbons (Fsp3) is 0.200. The number of halogens is 3. The predicted octanol–water partition coefficient (Wildman–Crippen LogP) is 3.55. The average molecular weight is 469 g/mol. The summed E-state index contributed by atoms with van der Waals surface area (Å²) in [5, 5.41) is 12.4. The van der Waals surface area contributed by atoms with E-state index in [1.807, 2.05) is 6.92 Å². The van der Waals surface area contributed by atoms with Gasteiger partial charge in [0.25, 0.3) is 10.0 Å². The lowest BCUT2D eigenvalue weighted by Gasteiger charge is -2.11. The number of nitrogens with zero attached hydrogens (tertiary/aromatic N) is 2. The topological polar surface area (TPSA) is 111 Å². The van der Waals surface area contributed by atoms with Crippen LogP contribution in [-0.2, 0) is 25.8 Å². The Hall–Kier alpha value is -3.22. The molecular weight excluding hydrogens is 451 g/mol. The zero-order valence-corrected chi connectivity index (χ0v) is 17.6. The molecule has 0 aliphatic heterocycles. The number of hydrogen-bond acceptors (Lipinski definition) is 5. The third kappa shape index (κ3) is 5.15. The van der Waals surface area contributed by atoms with Crippen molar-refractivity contribution in [3.05, 3.63) is 65.9 Å². The summed E-state index contributed by atoms with van der Waals surface area (Å²) in [6.07, 6.45) is -6.10. The molecule has 32 heavy (non-hydrogen) atoms. The molecule has 1 heterocycles. The van der Waals surface area contributed by atoms with Crippen molar-refractivity contribution in [1.82, 2.24) is 14.7 Å². The van der Waals surface area contributed by atoms with E-state index in [2.05, 4.69) is 9.94 Å². The minimum Gasteiger partial charge on any atom is -0.479 e. The smallest absolute Gasteiger partial charge is 0.435 e. The van der Waals surface area contributed by atoms with E-state index < -0.39 is 34.0 Å². The maximum absolute atomic E-state index is 13.3. The van der Waals surface area contributed by atoms with Crippen molar-refractivity contribution >= 4 is 16.0 Å². The van der Waals surface area contributed by atoms with Gasteiger partial charge in [-0.1, -0.05) is 34.7 Å². The molecule has 0 saturated heterocycles. The summed E-state index contributed by atoms with van der Waals surface area (Å²) < 4.78 is 65.4. The number of nitrogens with one attached hydrogen (secondary N) is 1. The Morgan fingerprint density at radius 1 is 1.12 bits per heavy atom. The maximum atomic E-state index is 13.3. The quantitative estimate of drug-likeness (QED) is 0.512. The van der Waals surface area contributed by atoms with Crippen molar-refractivity contribution in [2.45, 2.75) is 31.0 Å². The summed E-state index contributed by atoms with van der Waals surface area (Å²) in [6, 6.07) is 12.6. The highest BCUT2D eigenvalue weighted by Crippen LogP contribution is 2.33. The van der Waals surface area contributed by atoms with Crippen LogP contribution in [0.2, 0.25) is 0 Å². The SMILES string of the molecule is Cc1ccc(-c2cc(C(F)(F)F)nn2-c2ccc(S(=O)(=O)NO[C@@H](C)C(=O)O)cc2)cc1. The van der Waals surface area contributed by atoms with Gasteiger partial charge in [0.05, 0.1) is 16.3 Å². The molecule has 0 amide bonds. The van der Waals surface area contributed by atoms with Gasteiger partial charge in [0.2, 0.25) is 0 Å². The van der Waals surface area contributed by atoms with Gasteiger partial charge in [-0.3, -0.25) is 4.84 Å². The Labute approximate surface area is 181 Å². The molecule has 0 spiro atoms. The molecule has 0 saturated carbocycles. The van der Waals surface area contributed by atoms with Crippen molar-refractivity contribution in [3.8, 4) is 16.9 Å². The van der Waals surface area contributed by atoms with E-state index in [-0.39, 0.29) is 16.3 Å². The third-order valence-corrected chi connectivity index (χ3v) is 5.63. The van der Waals surface area contributed by atoms with Crippen LogP contribution in [0.5, 0.6) is 0 Å². The number of aryl methyl sites for hydroxylation is 1. The highest BCUT2D eigenvalue weighted by molar-refractivity contribution is 7.89. The standard InChI is InChI=1S/C20H18F3N3O5S/c1-12-3-5-14(6-4-12)17-11-18(20(21,22)23)24-26(17)15-7-9-16(10-8-15)32(29,30)25-31-13(2)19(27)28/h3-11,13,25H,1-2H3,(H,27,28)/t13-/m0/s1. The number of benzene rings is 2. The number of alkyl halides is 3. The van der Waals surface area contributed by atoms with Gasteiger partial charge in [0.1, 0.15) is 0 Å². The van der Waals surface area contributed by atoms with Gasteiger partial charge in [0.15, 0.2) is 11.8 Å². The first-order chi connectivity index (χ1) is 14.9. The Kier molecular flexibility index (Phi) is 6.39. The van der Waals surface area contributed by atoms with Gasteiger partial charge in [-0.25, -0.2) is 17.9 Å². The second-order valence-corrected chi connectivity index (χ2v) is 8.51. The Morgan fingerprint density at radius 2 is 1.72 bits per heavy atom. The highest BCUT2D eigenvalue weighted by Gasteiger charge is 2.35. The summed E-state index contributed by atoms with van der Waals surface area (Å²) in [7, 11) is -4.22. The van der Waals surface area contributed by atoms with Crippen LogP contribution in [0, 0.1) is 6.92 Å². The third-order valence-electron chi connectivity index (χ3n) is 4.42. The van der Waals surface area contributed by atoms with Gasteiger partial charge >= 0.3 is 12.1 Å². The number of sulfonamides is 1. The summed E-state index contributed by atoms with van der Waals surface area (Å²) >= 11 is 0. The molecule has 1 atom stereocenters. The van der Waals surface area contributed by atoms with E-state index in [0.29, 0.717) is 5.56 Å². The molecule has 0 radical (unpaired) electrons. The van der Waals surface area contributed by atoms with Crippen LogP contribution >= 0.6 is 0 Å². The fourth-order valence-corrected chi connectivity index (χ4v) is 3.51. The van der Waals surface area contributed by atoms with Gasteiger partial charge in [-0.15, -0.1) is 0 Å². The summed E-state index contributed by atoms with van der Waals surface area (Å²) in [4.78, 5) is 16.8. The van der Waals surface area contributed by atoms with E-state index in [0.717, 1.165) is 35.4 Å². The lowest BCUT2D eigenvalue weighted by molar-refractivity contribution is -0.151. The Bertz CT molecular complexity index is 1220. The Balaban J connectivity index is 1.97. The molecular formula is C20H18F3N3O5S. The summed E-state index contributed by atoms with van der Waals surface area (Å²) in [5.74, 6) is -1.37. The van der Waals surface area contributed by atoms with Crippen molar-refractivity contribution in [3.63, 3.8) is 0 Å². The van der Waals surface area contributed by atoms with E-state index in [4.69, 9.17) is 5.11 Å². The lowest BCUT2D eigenvalue weighted by Crippen LogP contribution is -2.32. The first kappa shape index (κ1) is 23.4. The minimum absolute atomic E-state index is 0.171. The maximum Gasteiger partial charge on any atom is 0.435 e. The van der Waals surface area contributed by atoms with Crippen molar-refractivity contribution in [2.75, 3.05) is 0 Å². The lowest BCUT2D eigenvalue weighted by atomic mass is 10.1. The van der Waals surface area contributed by atoms with Crippen LogP contribution in [0.4, 0.5) is 13.2 Å². The van der Waals surface area contributed by atoms with E-state index in [9.17, 15) is 26.4 Å². The van der Waals surface area contributed by atoms with Crippen LogP contribution < -0.4 is 4.89 Å². The first-order valence-corrected chi connectivity index (χ1v) is 10.6. The Morgan fingerprint density at radius 3 is 2.25 bits per heavy atom. The molecule has 0 aliphatic carbocycles. The van der Waals surface area contributed by atoms with Crippen molar-refractivity contribution in [1.29, 1.82) is 0 Å². The van der Waals surface area contributed by atoms with E-state index in [1.54, 1.807) is 29.2 Å². The van der Waals surface area contributed by atoms with Crippen molar-refractivity contribution < 1.29 is 36.3 Å². The van der Waals surface area contributed by atoms with Crippen LogP contribution in [-0.4, -0.2) is 35.4 Å². The van der Waals surface area contributed by atoms with E-state index >= 15 is 0 Å². The van der Waals surface area contributed by atoms with Gasteiger partial charge in [-0.05, 0) is 44.2 Å². The first-order valence-electron chi connectivity index (χ1n) is 9.13. The van der Waals surface area contributed by atoms with Gasteiger partial charge < -0.3 is 5.11 Å². The second kappa shape index (κ2) is 8.73. The number of aliphatic carboxylic acids is 1. The molecule has 8 nitrogen and oxygen atoms in total. The molecule has 3 rings (SSSR count). The fourth-order valence-electron chi connectivity index (χ4n) is 2.65. The van der Waals surface area contributed by atoms with Gasteiger partial charge in [0, 0.05) is 5.56 Å². The molecule has 0 bridgehead atoms. The summed E-state index contributed by atoms with van der Waals surface area (Å²) in [5.41, 5.74) is 0.687. The molecule has 0 unspecified atom stereocenters. The van der Waals surface area contributed by atoms with Crippen LogP contribution in [0.3, 0.4) is 0 Å². The molecule has 3 aromatic rings. The van der Waals surface area contributed by atoms with Crippen LogP contribution in [0.15, 0.2) is 59.5 Å². The number of hydrogen-bond donors (Lipinski definition) is 2.